The van der Waals surface area contributed by atoms with Gasteiger partial charge < -0.3 is 20.4 Å². The number of rotatable bonds is 2. The summed E-state index contributed by atoms with van der Waals surface area (Å²) >= 11 is 0. The SMILES string of the molecule is O=C(O)N1CCC[C@@H](Nc2cccc(O)c2)C1. The monoisotopic (exact) mass is 236 g/mol. The predicted molar refractivity (Wildman–Crippen MR) is 64.3 cm³/mol. The number of amides is 1. The van der Waals surface area contributed by atoms with Gasteiger partial charge in [-0.2, -0.15) is 0 Å². The predicted octanol–water partition coefficient (Wildman–Crippen LogP) is 1.95. The minimum Gasteiger partial charge on any atom is -0.508 e. The van der Waals surface area contributed by atoms with E-state index in [1.54, 1.807) is 18.2 Å². The summed E-state index contributed by atoms with van der Waals surface area (Å²) in [6.07, 6.45) is 0.940. The minimum atomic E-state index is -0.868. The zero-order valence-corrected chi connectivity index (χ0v) is 9.47. The largest absolute Gasteiger partial charge is 0.508 e. The Hall–Kier alpha value is -1.91. The van der Waals surface area contributed by atoms with Gasteiger partial charge in [0.25, 0.3) is 0 Å². The summed E-state index contributed by atoms with van der Waals surface area (Å²) < 4.78 is 0. The molecule has 1 aromatic carbocycles. The number of phenolic OH excluding ortho intramolecular Hbond substituents is 1. The summed E-state index contributed by atoms with van der Waals surface area (Å²) in [7, 11) is 0. The molecule has 0 aliphatic carbocycles. The molecule has 1 fully saturated rings. The van der Waals surface area contributed by atoms with Crippen LogP contribution in [-0.4, -0.2) is 40.3 Å². The number of anilines is 1. The summed E-state index contributed by atoms with van der Waals surface area (Å²) in [6, 6.07) is 6.98. The van der Waals surface area contributed by atoms with Crippen molar-refractivity contribution in [2.45, 2.75) is 18.9 Å². The lowest BCUT2D eigenvalue weighted by Gasteiger charge is -2.31. The molecule has 1 amide bonds. The molecule has 2 rings (SSSR count). The molecule has 1 saturated heterocycles. The highest BCUT2D eigenvalue weighted by molar-refractivity contribution is 5.65. The maximum Gasteiger partial charge on any atom is 0.407 e. The lowest BCUT2D eigenvalue weighted by atomic mass is 10.1. The van der Waals surface area contributed by atoms with Crippen LogP contribution in [0.25, 0.3) is 0 Å². The molecule has 0 radical (unpaired) electrons. The fourth-order valence-corrected chi connectivity index (χ4v) is 2.10. The van der Waals surface area contributed by atoms with Crippen molar-refractivity contribution in [1.82, 2.24) is 4.90 Å². The van der Waals surface area contributed by atoms with Crippen LogP contribution in [0.1, 0.15) is 12.8 Å². The average Bonchev–Trinajstić information content (AvgIpc) is 2.29. The van der Waals surface area contributed by atoms with Gasteiger partial charge in [0, 0.05) is 30.9 Å². The Kier molecular flexibility index (Phi) is 3.37. The highest BCUT2D eigenvalue weighted by Gasteiger charge is 2.22. The second-order valence-corrected chi connectivity index (χ2v) is 4.26. The molecule has 0 spiro atoms. The Balaban J connectivity index is 1.97. The Bertz CT molecular complexity index is 408. The summed E-state index contributed by atoms with van der Waals surface area (Å²) in [5.74, 6) is 0.209. The lowest BCUT2D eigenvalue weighted by molar-refractivity contribution is 0.133. The number of benzene rings is 1. The van der Waals surface area contributed by atoms with Gasteiger partial charge in [0.15, 0.2) is 0 Å². The van der Waals surface area contributed by atoms with E-state index in [1.165, 1.54) is 4.90 Å². The highest BCUT2D eigenvalue weighted by Crippen LogP contribution is 2.19. The van der Waals surface area contributed by atoms with Gasteiger partial charge in [0.2, 0.25) is 0 Å². The first kappa shape index (κ1) is 11.6. The van der Waals surface area contributed by atoms with Crippen LogP contribution in [0.4, 0.5) is 10.5 Å². The number of carboxylic acid groups (broad SMARTS) is 1. The molecule has 1 aliphatic heterocycles. The summed E-state index contributed by atoms with van der Waals surface area (Å²) in [4.78, 5) is 12.3. The van der Waals surface area contributed by atoms with E-state index in [2.05, 4.69) is 5.32 Å². The van der Waals surface area contributed by atoms with Gasteiger partial charge in [-0.25, -0.2) is 4.79 Å². The quantitative estimate of drug-likeness (QED) is 0.733. The Labute approximate surface area is 99.7 Å². The molecule has 3 N–H and O–H groups in total. The molecule has 5 nitrogen and oxygen atoms in total. The topological polar surface area (TPSA) is 72.8 Å². The lowest BCUT2D eigenvalue weighted by Crippen LogP contribution is -2.44. The molecule has 1 heterocycles. The van der Waals surface area contributed by atoms with Crippen molar-refractivity contribution in [3.63, 3.8) is 0 Å². The third kappa shape index (κ3) is 3.03. The molecule has 92 valence electrons. The fourth-order valence-electron chi connectivity index (χ4n) is 2.10. The van der Waals surface area contributed by atoms with Gasteiger partial charge in [-0.1, -0.05) is 6.07 Å². The van der Waals surface area contributed by atoms with Crippen molar-refractivity contribution in [1.29, 1.82) is 0 Å². The fraction of sp³-hybridized carbons (Fsp3) is 0.417. The van der Waals surface area contributed by atoms with Crippen LogP contribution < -0.4 is 5.32 Å². The minimum absolute atomic E-state index is 0.113. The number of piperidine rings is 1. The van der Waals surface area contributed by atoms with Crippen molar-refractivity contribution in [2.24, 2.45) is 0 Å². The standard InChI is InChI=1S/C12H16N2O3/c15-11-5-1-3-9(7-11)13-10-4-2-6-14(8-10)12(16)17/h1,3,5,7,10,13,15H,2,4,6,8H2,(H,16,17)/t10-/m1/s1. The maximum atomic E-state index is 10.9. The molecule has 5 heteroatoms. The van der Waals surface area contributed by atoms with Gasteiger partial charge in [-0.15, -0.1) is 0 Å². The Morgan fingerprint density at radius 1 is 1.47 bits per heavy atom. The van der Waals surface area contributed by atoms with E-state index in [0.717, 1.165) is 18.5 Å². The van der Waals surface area contributed by atoms with Crippen LogP contribution in [0.5, 0.6) is 5.75 Å². The Morgan fingerprint density at radius 3 is 3.00 bits per heavy atom. The number of nitrogens with zero attached hydrogens (tertiary/aromatic N) is 1. The van der Waals surface area contributed by atoms with Gasteiger partial charge in [0.05, 0.1) is 0 Å². The van der Waals surface area contributed by atoms with Gasteiger partial charge in [-0.3, -0.25) is 0 Å². The molecular formula is C12H16N2O3. The van der Waals surface area contributed by atoms with E-state index < -0.39 is 6.09 Å². The molecule has 17 heavy (non-hydrogen) atoms. The van der Waals surface area contributed by atoms with E-state index in [0.29, 0.717) is 13.1 Å². The number of carbonyl (C=O) groups is 1. The van der Waals surface area contributed by atoms with Crippen molar-refractivity contribution in [2.75, 3.05) is 18.4 Å². The normalized spacial score (nSPS) is 20.0. The molecule has 1 aromatic rings. The Morgan fingerprint density at radius 2 is 2.29 bits per heavy atom. The number of likely N-dealkylation sites (tertiary alicyclic amines) is 1. The number of hydrogen-bond acceptors (Lipinski definition) is 3. The van der Waals surface area contributed by atoms with Crippen LogP contribution in [-0.2, 0) is 0 Å². The molecule has 0 bridgehead atoms. The van der Waals surface area contributed by atoms with E-state index in [4.69, 9.17) is 5.11 Å². The maximum absolute atomic E-state index is 10.9. The molecule has 1 aliphatic rings. The van der Waals surface area contributed by atoms with Crippen LogP contribution in [0, 0.1) is 0 Å². The molecule has 0 saturated carbocycles. The summed E-state index contributed by atoms with van der Waals surface area (Å²) in [6.45, 7) is 1.10. The number of phenols is 1. The van der Waals surface area contributed by atoms with Crippen molar-refractivity contribution in [3.8, 4) is 5.75 Å². The smallest absolute Gasteiger partial charge is 0.407 e. The van der Waals surface area contributed by atoms with E-state index in [1.807, 2.05) is 6.07 Å². The van der Waals surface area contributed by atoms with E-state index in [9.17, 15) is 9.90 Å². The third-order valence-corrected chi connectivity index (χ3v) is 2.91. The molecular weight excluding hydrogens is 220 g/mol. The molecule has 1 atom stereocenters. The van der Waals surface area contributed by atoms with Crippen LogP contribution in [0.2, 0.25) is 0 Å². The van der Waals surface area contributed by atoms with Gasteiger partial charge in [-0.05, 0) is 25.0 Å². The second kappa shape index (κ2) is 4.95. The van der Waals surface area contributed by atoms with Crippen LogP contribution in [0.15, 0.2) is 24.3 Å². The number of aromatic hydroxyl groups is 1. The summed E-state index contributed by atoms with van der Waals surface area (Å²) in [5, 5.41) is 21.5. The molecule has 0 unspecified atom stereocenters. The van der Waals surface area contributed by atoms with Gasteiger partial charge in [0.1, 0.15) is 5.75 Å². The van der Waals surface area contributed by atoms with Crippen molar-refractivity contribution < 1.29 is 15.0 Å². The van der Waals surface area contributed by atoms with Crippen molar-refractivity contribution >= 4 is 11.8 Å². The third-order valence-electron chi connectivity index (χ3n) is 2.91. The first-order valence-corrected chi connectivity index (χ1v) is 5.68. The number of nitrogens with one attached hydrogen (secondary N) is 1. The zero-order chi connectivity index (χ0) is 12.3. The van der Waals surface area contributed by atoms with Crippen LogP contribution in [0.3, 0.4) is 0 Å². The first-order valence-electron chi connectivity index (χ1n) is 5.68. The van der Waals surface area contributed by atoms with Crippen molar-refractivity contribution in [3.05, 3.63) is 24.3 Å². The second-order valence-electron chi connectivity index (χ2n) is 4.26. The van der Waals surface area contributed by atoms with Crippen LogP contribution >= 0.6 is 0 Å². The first-order chi connectivity index (χ1) is 8.15. The van der Waals surface area contributed by atoms with Gasteiger partial charge >= 0.3 is 6.09 Å². The molecule has 0 aromatic heterocycles. The number of hydrogen-bond donors (Lipinski definition) is 3. The highest BCUT2D eigenvalue weighted by atomic mass is 16.4. The van der Waals surface area contributed by atoms with E-state index in [-0.39, 0.29) is 11.8 Å². The average molecular weight is 236 g/mol. The zero-order valence-electron chi connectivity index (χ0n) is 9.47. The van der Waals surface area contributed by atoms with E-state index >= 15 is 0 Å². The summed E-state index contributed by atoms with van der Waals surface area (Å²) in [5.41, 5.74) is 0.822.